The van der Waals surface area contributed by atoms with Crippen molar-refractivity contribution < 1.29 is 17.9 Å². The molecule has 2 rings (SSSR count). The van der Waals surface area contributed by atoms with E-state index in [2.05, 4.69) is 0 Å². The van der Waals surface area contributed by atoms with Gasteiger partial charge in [-0.2, -0.15) is 0 Å². The van der Waals surface area contributed by atoms with Gasteiger partial charge in [-0.25, -0.2) is 12.7 Å². The molecule has 1 unspecified atom stereocenters. The van der Waals surface area contributed by atoms with Gasteiger partial charge in [0.05, 0.1) is 4.90 Å². The first kappa shape index (κ1) is 15.4. The Bertz CT molecular complexity index is 574. The van der Waals surface area contributed by atoms with E-state index in [0.29, 0.717) is 37.7 Å². The fraction of sp³-hybridized carbons (Fsp3) is 0.538. The zero-order chi connectivity index (χ0) is 14.8. The third-order valence-corrected chi connectivity index (χ3v) is 5.13. The van der Waals surface area contributed by atoms with Crippen LogP contribution >= 0.6 is 11.6 Å². The van der Waals surface area contributed by atoms with Crippen LogP contribution in [0.25, 0.3) is 0 Å². The van der Waals surface area contributed by atoms with E-state index in [1.165, 1.54) is 16.4 Å². The molecule has 0 aromatic heterocycles. The molecule has 1 atom stereocenters. The first-order chi connectivity index (χ1) is 9.41. The van der Waals surface area contributed by atoms with Crippen molar-refractivity contribution in [2.45, 2.75) is 23.6 Å². The molecule has 7 heteroatoms. The van der Waals surface area contributed by atoms with Crippen LogP contribution < -0.4 is 9.47 Å². The Balaban J connectivity index is 2.20. The molecule has 1 heterocycles. The smallest absolute Gasteiger partial charge is 0.242 e. The van der Waals surface area contributed by atoms with Gasteiger partial charge in [0.25, 0.3) is 0 Å². The lowest BCUT2D eigenvalue weighted by molar-refractivity contribution is 0.171. The van der Waals surface area contributed by atoms with E-state index in [4.69, 9.17) is 21.1 Å². The molecule has 1 aromatic rings. The third kappa shape index (κ3) is 3.37. The van der Waals surface area contributed by atoms with Crippen LogP contribution in [0.2, 0.25) is 0 Å². The van der Waals surface area contributed by atoms with E-state index >= 15 is 0 Å². The van der Waals surface area contributed by atoms with Crippen LogP contribution in [0.3, 0.4) is 0 Å². The van der Waals surface area contributed by atoms with Crippen molar-refractivity contribution in [3.63, 3.8) is 0 Å². The minimum absolute atomic E-state index is 0.0621. The second kappa shape index (κ2) is 6.20. The van der Waals surface area contributed by atoms with Crippen molar-refractivity contribution in [1.29, 1.82) is 0 Å². The summed E-state index contributed by atoms with van der Waals surface area (Å²) >= 11 is 5.85. The first-order valence-corrected chi connectivity index (χ1v) is 8.29. The number of rotatable bonds is 5. The molecule has 0 saturated carbocycles. The van der Waals surface area contributed by atoms with E-state index in [1.807, 2.05) is 6.92 Å². The molecule has 0 bridgehead atoms. The normalized spacial score (nSPS) is 16.2. The van der Waals surface area contributed by atoms with Crippen LogP contribution in [0.5, 0.6) is 11.5 Å². The molecule has 5 nitrogen and oxygen atoms in total. The number of sulfonamides is 1. The fourth-order valence-electron chi connectivity index (χ4n) is 1.84. The molecule has 0 amide bonds. The zero-order valence-electron chi connectivity index (χ0n) is 11.5. The summed E-state index contributed by atoms with van der Waals surface area (Å²) in [7, 11) is -1.98. The Morgan fingerprint density at radius 2 is 1.95 bits per heavy atom. The van der Waals surface area contributed by atoms with E-state index in [0.717, 1.165) is 0 Å². The lowest BCUT2D eigenvalue weighted by atomic mass is 10.3. The number of hydrogen-bond donors (Lipinski definition) is 0. The van der Waals surface area contributed by atoms with Gasteiger partial charge in [-0.3, -0.25) is 0 Å². The minimum Gasteiger partial charge on any atom is -0.486 e. The van der Waals surface area contributed by atoms with E-state index < -0.39 is 10.0 Å². The third-order valence-electron chi connectivity index (χ3n) is 3.06. The van der Waals surface area contributed by atoms with Crippen LogP contribution in [0.4, 0.5) is 0 Å². The van der Waals surface area contributed by atoms with Crippen LogP contribution in [0.1, 0.15) is 13.3 Å². The molecule has 0 radical (unpaired) electrons. The molecular weight excluding hydrogens is 302 g/mol. The van der Waals surface area contributed by atoms with Crippen molar-refractivity contribution in [1.82, 2.24) is 4.31 Å². The lowest BCUT2D eigenvalue weighted by Crippen LogP contribution is -2.29. The molecule has 112 valence electrons. The zero-order valence-corrected chi connectivity index (χ0v) is 13.1. The van der Waals surface area contributed by atoms with Crippen LogP contribution in [-0.4, -0.2) is 44.9 Å². The molecule has 20 heavy (non-hydrogen) atoms. The van der Waals surface area contributed by atoms with Crippen molar-refractivity contribution in [2.75, 3.05) is 26.8 Å². The lowest BCUT2D eigenvalue weighted by Gasteiger charge is -2.21. The molecule has 0 fully saturated rings. The molecular formula is C13H18ClNO4S. The van der Waals surface area contributed by atoms with Crippen LogP contribution in [0.15, 0.2) is 23.1 Å². The summed E-state index contributed by atoms with van der Waals surface area (Å²) in [5.41, 5.74) is 0. The van der Waals surface area contributed by atoms with Gasteiger partial charge in [-0.1, -0.05) is 0 Å². The number of benzene rings is 1. The number of alkyl halides is 1. The molecule has 0 saturated heterocycles. The molecule has 1 aromatic carbocycles. The highest BCUT2D eigenvalue weighted by Gasteiger charge is 2.23. The summed E-state index contributed by atoms with van der Waals surface area (Å²) in [5.74, 6) is 1.05. The summed E-state index contributed by atoms with van der Waals surface area (Å²) in [4.78, 5) is 0.200. The highest BCUT2D eigenvalue weighted by molar-refractivity contribution is 7.89. The van der Waals surface area contributed by atoms with Crippen molar-refractivity contribution in [3.05, 3.63) is 18.2 Å². The quantitative estimate of drug-likeness (QED) is 0.780. The van der Waals surface area contributed by atoms with Gasteiger partial charge in [0.15, 0.2) is 11.5 Å². The van der Waals surface area contributed by atoms with Crippen molar-refractivity contribution >= 4 is 21.6 Å². The highest BCUT2D eigenvalue weighted by Crippen LogP contribution is 2.32. The maximum absolute atomic E-state index is 12.4. The number of nitrogens with zero attached hydrogens (tertiary/aromatic N) is 1. The Morgan fingerprint density at radius 1 is 1.30 bits per heavy atom. The predicted molar refractivity (Wildman–Crippen MR) is 77.2 cm³/mol. The Morgan fingerprint density at radius 3 is 2.60 bits per heavy atom. The average molecular weight is 320 g/mol. The fourth-order valence-corrected chi connectivity index (χ4v) is 3.14. The Labute approximate surface area is 124 Å². The van der Waals surface area contributed by atoms with E-state index in [-0.39, 0.29) is 10.3 Å². The molecule has 1 aliphatic heterocycles. The number of ether oxygens (including phenoxy) is 2. The van der Waals surface area contributed by atoms with Gasteiger partial charge >= 0.3 is 0 Å². The molecule has 1 aliphatic rings. The summed E-state index contributed by atoms with van der Waals surface area (Å²) in [6, 6.07) is 4.66. The SMILES string of the molecule is CC(Cl)CCN(C)S(=O)(=O)c1ccc2c(c1)OCCO2. The van der Waals surface area contributed by atoms with Gasteiger partial charge in [-0.15, -0.1) is 11.6 Å². The summed E-state index contributed by atoms with van der Waals surface area (Å²) in [6.07, 6.45) is 0.599. The van der Waals surface area contributed by atoms with Crippen molar-refractivity contribution in [2.24, 2.45) is 0 Å². The number of fused-ring (bicyclic) bond motifs is 1. The average Bonchev–Trinajstić information content (AvgIpc) is 2.44. The van der Waals surface area contributed by atoms with Gasteiger partial charge < -0.3 is 9.47 Å². The van der Waals surface area contributed by atoms with Gasteiger partial charge in [-0.05, 0) is 25.5 Å². The van der Waals surface area contributed by atoms with Gasteiger partial charge in [0.2, 0.25) is 10.0 Å². The standard InChI is InChI=1S/C13H18ClNO4S/c1-10(14)5-6-15(2)20(16,17)11-3-4-12-13(9-11)19-8-7-18-12/h3-4,9-10H,5-8H2,1-2H3. The van der Waals surface area contributed by atoms with Crippen LogP contribution in [0, 0.1) is 0 Å². The van der Waals surface area contributed by atoms with Gasteiger partial charge in [0, 0.05) is 25.0 Å². The summed E-state index contributed by atoms with van der Waals surface area (Å²) in [5, 5.41) is -0.0621. The Kier molecular flexibility index (Phi) is 4.78. The first-order valence-electron chi connectivity index (χ1n) is 6.41. The number of halogens is 1. The monoisotopic (exact) mass is 319 g/mol. The predicted octanol–water partition coefficient (Wildman–Crippen LogP) is 2.10. The molecule has 0 aliphatic carbocycles. The Hall–Kier alpha value is -0.980. The topological polar surface area (TPSA) is 55.8 Å². The maximum Gasteiger partial charge on any atom is 0.242 e. The second-order valence-electron chi connectivity index (χ2n) is 4.70. The van der Waals surface area contributed by atoms with E-state index in [9.17, 15) is 8.42 Å². The minimum atomic E-state index is -3.53. The largest absolute Gasteiger partial charge is 0.486 e. The van der Waals surface area contributed by atoms with Crippen LogP contribution in [-0.2, 0) is 10.0 Å². The number of hydrogen-bond acceptors (Lipinski definition) is 4. The molecule has 0 N–H and O–H groups in total. The molecule has 0 spiro atoms. The maximum atomic E-state index is 12.4. The van der Waals surface area contributed by atoms with Crippen molar-refractivity contribution in [3.8, 4) is 11.5 Å². The highest BCUT2D eigenvalue weighted by atomic mass is 35.5. The van der Waals surface area contributed by atoms with E-state index in [1.54, 1.807) is 13.1 Å². The second-order valence-corrected chi connectivity index (χ2v) is 7.49. The van der Waals surface area contributed by atoms with Gasteiger partial charge in [0.1, 0.15) is 13.2 Å². The summed E-state index contributed by atoms with van der Waals surface area (Å²) < 4.78 is 36.9. The summed E-state index contributed by atoms with van der Waals surface area (Å²) in [6.45, 7) is 3.12.